The van der Waals surface area contributed by atoms with Crippen molar-refractivity contribution in [2.45, 2.75) is 40.3 Å². The lowest BCUT2D eigenvalue weighted by atomic mass is 10.1. The summed E-state index contributed by atoms with van der Waals surface area (Å²) in [5, 5.41) is 7.23. The second kappa shape index (κ2) is 8.08. The average molecular weight is 363 g/mol. The third-order valence-electron chi connectivity index (χ3n) is 4.65. The zero-order chi connectivity index (χ0) is 19.4. The Morgan fingerprint density at radius 3 is 2.59 bits per heavy atom. The maximum atomic E-state index is 12.6. The van der Waals surface area contributed by atoms with Gasteiger partial charge in [-0.15, -0.1) is 0 Å². The SMILES string of the molecule is Cc1ccc(Cn2nccc2NC(=O)[C@@H](C)Oc2cccc(C)c2C)cc1. The number of carbonyl (C=O) groups is 1. The van der Waals surface area contributed by atoms with Crippen molar-refractivity contribution in [1.29, 1.82) is 0 Å². The molecule has 1 atom stereocenters. The number of benzene rings is 2. The van der Waals surface area contributed by atoms with Crippen LogP contribution in [0.15, 0.2) is 54.7 Å². The molecule has 27 heavy (non-hydrogen) atoms. The fourth-order valence-electron chi connectivity index (χ4n) is 2.75. The van der Waals surface area contributed by atoms with Crippen molar-refractivity contribution >= 4 is 11.7 Å². The van der Waals surface area contributed by atoms with Crippen molar-refractivity contribution in [2.75, 3.05) is 5.32 Å². The molecule has 0 radical (unpaired) electrons. The molecule has 1 aromatic heterocycles. The lowest BCUT2D eigenvalue weighted by Crippen LogP contribution is -2.31. The number of carbonyl (C=O) groups excluding carboxylic acids is 1. The first-order chi connectivity index (χ1) is 12.9. The molecule has 140 valence electrons. The van der Waals surface area contributed by atoms with Crippen LogP contribution in [-0.2, 0) is 11.3 Å². The molecule has 0 aliphatic carbocycles. The molecule has 3 aromatic rings. The number of hydrogen-bond acceptors (Lipinski definition) is 3. The number of nitrogens with zero attached hydrogens (tertiary/aromatic N) is 2. The van der Waals surface area contributed by atoms with Crippen LogP contribution in [0.4, 0.5) is 5.82 Å². The van der Waals surface area contributed by atoms with Gasteiger partial charge in [0.15, 0.2) is 6.10 Å². The van der Waals surface area contributed by atoms with E-state index in [-0.39, 0.29) is 5.91 Å². The summed E-state index contributed by atoms with van der Waals surface area (Å²) in [6.45, 7) is 8.41. The minimum Gasteiger partial charge on any atom is -0.481 e. The molecule has 0 aliphatic heterocycles. The van der Waals surface area contributed by atoms with Crippen LogP contribution < -0.4 is 10.1 Å². The molecule has 0 fully saturated rings. The Balaban J connectivity index is 1.66. The van der Waals surface area contributed by atoms with Gasteiger partial charge in [0.2, 0.25) is 0 Å². The van der Waals surface area contributed by atoms with E-state index in [1.807, 2.05) is 32.0 Å². The maximum absolute atomic E-state index is 12.6. The number of hydrogen-bond donors (Lipinski definition) is 1. The minimum absolute atomic E-state index is 0.207. The van der Waals surface area contributed by atoms with E-state index in [1.165, 1.54) is 5.56 Å². The molecule has 1 amide bonds. The molecule has 3 rings (SSSR count). The highest BCUT2D eigenvalue weighted by Gasteiger charge is 2.18. The molecule has 0 bridgehead atoms. The van der Waals surface area contributed by atoms with Gasteiger partial charge in [0.25, 0.3) is 5.91 Å². The number of aromatic nitrogens is 2. The second-order valence-electron chi connectivity index (χ2n) is 6.81. The summed E-state index contributed by atoms with van der Waals surface area (Å²) >= 11 is 0. The van der Waals surface area contributed by atoms with E-state index in [9.17, 15) is 4.79 Å². The van der Waals surface area contributed by atoms with Crippen LogP contribution in [0.3, 0.4) is 0 Å². The third-order valence-corrected chi connectivity index (χ3v) is 4.65. The number of rotatable bonds is 6. The van der Waals surface area contributed by atoms with Crippen LogP contribution >= 0.6 is 0 Å². The number of ether oxygens (including phenoxy) is 1. The number of anilines is 1. The van der Waals surface area contributed by atoms with Crippen LogP contribution in [0, 0.1) is 20.8 Å². The third kappa shape index (κ3) is 4.56. The molecule has 1 heterocycles. The van der Waals surface area contributed by atoms with E-state index in [2.05, 4.69) is 41.6 Å². The number of nitrogens with one attached hydrogen (secondary N) is 1. The maximum Gasteiger partial charge on any atom is 0.266 e. The van der Waals surface area contributed by atoms with Gasteiger partial charge >= 0.3 is 0 Å². The molecule has 0 aliphatic rings. The average Bonchev–Trinajstić information content (AvgIpc) is 3.07. The first-order valence-electron chi connectivity index (χ1n) is 9.05. The van der Waals surface area contributed by atoms with Gasteiger partial charge in [0, 0.05) is 6.07 Å². The molecule has 0 unspecified atom stereocenters. The Bertz CT molecular complexity index is 929. The zero-order valence-corrected chi connectivity index (χ0v) is 16.2. The standard InChI is InChI=1S/C22H25N3O2/c1-15-8-10-19(11-9-15)14-25-21(12-13-23-25)24-22(26)18(4)27-20-7-5-6-16(2)17(20)3/h5-13,18H,14H2,1-4H3,(H,24,26)/t18-/m1/s1. The predicted molar refractivity (Wildman–Crippen MR) is 107 cm³/mol. The number of amides is 1. The Kier molecular flexibility index (Phi) is 5.60. The van der Waals surface area contributed by atoms with Crippen LogP contribution in [0.5, 0.6) is 5.75 Å². The highest BCUT2D eigenvalue weighted by atomic mass is 16.5. The highest BCUT2D eigenvalue weighted by molar-refractivity contribution is 5.93. The smallest absolute Gasteiger partial charge is 0.266 e. The first kappa shape index (κ1) is 18.7. The molecular formula is C22H25N3O2. The Hall–Kier alpha value is -3.08. The van der Waals surface area contributed by atoms with E-state index in [4.69, 9.17) is 4.74 Å². The van der Waals surface area contributed by atoms with E-state index in [1.54, 1.807) is 23.9 Å². The van der Waals surface area contributed by atoms with Gasteiger partial charge in [-0.2, -0.15) is 5.10 Å². The van der Waals surface area contributed by atoms with E-state index in [0.29, 0.717) is 12.4 Å². The monoisotopic (exact) mass is 363 g/mol. The molecule has 0 spiro atoms. The lowest BCUT2D eigenvalue weighted by Gasteiger charge is -2.17. The van der Waals surface area contributed by atoms with Gasteiger partial charge in [0.05, 0.1) is 12.7 Å². The Labute approximate surface area is 160 Å². The van der Waals surface area contributed by atoms with Gasteiger partial charge in [-0.25, -0.2) is 4.68 Å². The van der Waals surface area contributed by atoms with Gasteiger partial charge in [-0.1, -0.05) is 42.0 Å². The summed E-state index contributed by atoms with van der Waals surface area (Å²) in [6, 6.07) is 15.9. The zero-order valence-electron chi connectivity index (χ0n) is 16.2. The Morgan fingerprint density at radius 1 is 1.11 bits per heavy atom. The van der Waals surface area contributed by atoms with Crippen molar-refractivity contribution in [3.63, 3.8) is 0 Å². The van der Waals surface area contributed by atoms with Gasteiger partial charge in [0.1, 0.15) is 11.6 Å². The topological polar surface area (TPSA) is 56.2 Å². The number of aryl methyl sites for hydroxylation is 2. The fraction of sp³-hybridized carbons (Fsp3) is 0.273. The van der Waals surface area contributed by atoms with Crippen molar-refractivity contribution < 1.29 is 9.53 Å². The van der Waals surface area contributed by atoms with E-state index >= 15 is 0 Å². The second-order valence-corrected chi connectivity index (χ2v) is 6.81. The molecule has 0 saturated heterocycles. The summed E-state index contributed by atoms with van der Waals surface area (Å²) in [5.41, 5.74) is 4.52. The van der Waals surface area contributed by atoms with E-state index in [0.717, 1.165) is 22.4 Å². The summed E-state index contributed by atoms with van der Waals surface area (Å²) in [7, 11) is 0. The van der Waals surface area contributed by atoms with Crippen LogP contribution in [0.2, 0.25) is 0 Å². The summed E-state index contributed by atoms with van der Waals surface area (Å²) in [6.07, 6.45) is 1.06. The fourth-order valence-corrected chi connectivity index (χ4v) is 2.75. The van der Waals surface area contributed by atoms with Gasteiger partial charge < -0.3 is 10.1 Å². The normalized spacial score (nSPS) is 11.9. The molecule has 5 heteroatoms. The highest BCUT2D eigenvalue weighted by Crippen LogP contribution is 2.22. The summed E-state index contributed by atoms with van der Waals surface area (Å²) < 4.78 is 7.64. The van der Waals surface area contributed by atoms with Crippen molar-refractivity contribution in [3.05, 3.63) is 77.0 Å². The molecule has 5 nitrogen and oxygen atoms in total. The minimum atomic E-state index is -0.617. The molecular weight excluding hydrogens is 338 g/mol. The quantitative estimate of drug-likeness (QED) is 0.712. The van der Waals surface area contributed by atoms with Crippen molar-refractivity contribution in [3.8, 4) is 5.75 Å². The van der Waals surface area contributed by atoms with Crippen molar-refractivity contribution in [2.24, 2.45) is 0 Å². The van der Waals surface area contributed by atoms with Gasteiger partial charge in [-0.05, 0) is 50.5 Å². The summed E-state index contributed by atoms with van der Waals surface area (Å²) in [5.74, 6) is 1.17. The lowest BCUT2D eigenvalue weighted by molar-refractivity contribution is -0.122. The Morgan fingerprint density at radius 2 is 1.85 bits per heavy atom. The van der Waals surface area contributed by atoms with Crippen LogP contribution in [-0.4, -0.2) is 21.8 Å². The molecule has 0 saturated carbocycles. The van der Waals surface area contributed by atoms with Gasteiger partial charge in [-0.3, -0.25) is 4.79 Å². The molecule has 1 N–H and O–H groups in total. The largest absolute Gasteiger partial charge is 0.481 e. The summed E-state index contributed by atoms with van der Waals surface area (Å²) in [4.78, 5) is 12.6. The first-order valence-corrected chi connectivity index (χ1v) is 9.05. The van der Waals surface area contributed by atoms with E-state index < -0.39 is 6.10 Å². The predicted octanol–water partition coefficient (Wildman–Crippen LogP) is 4.26. The van der Waals surface area contributed by atoms with Crippen LogP contribution in [0.1, 0.15) is 29.2 Å². The van der Waals surface area contributed by atoms with Crippen molar-refractivity contribution in [1.82, 2.24) is 9.78 Å². The van der Waals surface area contributed by atoms with Crippen LogP contribution in [0.25, 0.3) is 0 Å². The molecule has 2 aromatic carbocycles.